The van der Waals surface area contributed by atoms with E-state index in [4.69, 9.17) is 30.5 Å². The van der Waals surface area contributed by atoms with E-state index in [0.29, 0.717) is 29.0 Å². The van der Waals surface area contributed by atoms with Crippen LogP contribution in [0.3, 0.4) is 0 Å². The van der Waals surface area contributed by atoms with Crippen molar-refractivity contribution in [3.63, 3.8) is 0 Å². The van der Waals surface area contributed by atoms with E-state index in [2.05, 4.69) is 5.32 Å². The van der Waals surface area contributed by atoms with Crippen molar-refractivity contribution in [3.8, 4) is 11.1 Å². The molecular weight excluding hydrogens is 636 g/mol. The van der Waals surface area contributed by atoms with Crippen LogP contribution < -0.4 is 10.9 Å². The quantitative estimate of drug-likeness (QED) is 0.191. The Morgan fingerprint density at radius 2 is 1.62 bits per heavy atom. The third-order valence-corrected chi connectivity index (χ3v) is 9.02. The predicted octanol–water partition coefficient (Wildman–Crippen LogP) is 7.42. The predicted molar refractivity (Wildman–Crippen MR) is 184 cm³/mol. The summed E-state index contributed by atoms with van der Waals surface area (Å²) >= 11 is 6.50. The van der Waals surface area contributed by atoms with Crippen molar-refractivity contribution in [1.29, 1.82) is 0 Å². The average Bonchev–Trinajstić information content (AvgIpc) is 3.73. The van der Waals surface area contributed by atoms with E-state index < -0.39 is 46.4 Å². The highest BCUT2D eigenvalue weighted by Gasteiger charge is 2.45. The lowest BCUT2D eigenvalue weighted by molar-refractivity contribution is -0.160. The molecule has 2 fully saturated rings. The molecule has 0 saturated heterocycles. The number of nitrogens with one attached hydrogen (secondary N) is 1. The minimum atomic E-state index is -0.949. The van der Waals surface area contributed by atoms with Crippen molar-refractivity contribution < 1.29 is 33.3 Å². The van der Waals surface area contributed by atoms with Gasteiger partial charge in [0.05, 0.1) is 18.3 Å². The van der Waals surface area contributed by atoms with Gasteiger partial charge in [-0.25, -0.2) is 14.4 Å². The Balaban J connectivity index is 1.77. The Kier molecular flexibility index (Phi) is 11.7. The first-order valence-corrected chi connectivity index (χ1v) is 17.3. The summed E-state index contributed by atoms with van der Waals surface area (Å²) in [5.41, 5.74) is -0.604. The molecule has 0 radical (unpaired) electrons. The lowest BCUT2D eigenvalue weighted by Crippen LogP contribution is -2.42. The molecule has 1 amide bonds. The smallest absolute Gasteiger partial charge is 0.408 e. The number of carbonyl (C=O) groups excluding carboxylic acids is 3. The fourth-order valence-electron chi connectivity index (χ4n) is 6.33. The summed E-state index contributed by atoms with van der Waals surface area (Å²) in [6.07, 6.45) is 6.83. The fourth-order valence-corrected chi connectivity index (χ4v) is 6.51. The van der Waals surface area contributed by atoms with Gasteiger partial charge in [0.15, 0.2) is 0 Å². The number of hydrogen-bond acceptors (Lipinski definition) is 8. The van der Waals surface area contributed by atoms with Crippen molar-refractivity contribution in [1.82, 2.24) is 9.88 Å². The molecule has 0 aliphatic heterocycles. The van der Waals surface area contributed by atoms with Crippen LogP contribution >= 0.6 is 11.6 Å². The molecule has 1 heterocycles. The number of hydrogen-bond donors (Lipinski definition) is 1. The van der Waals surface area contributed by atoms with Gasteiger partial charge < -0.3 is 28.8 Å². The zero-order valence-corrected chi connectivity index (χ0v) is 30.3. The zero-order valence-electron chi connectivity index (χ0n) is 29.6. The van der Waals surface area contributed by atoms with Crippen molar-refractivity contribution in [3.05, 3.63) is 57.0 Å². The van der Waals surface area contributed by atoms with Gasteiger partial charge in [0.25, 0.3) is 5.56 Å². The Bertz CT molecular complexity index is 1540. The van der Waals surface area contributed by atoms with Crippen LogP contribution in [0.4, 0.5) is 4.79 Å². The SMILES string of the molecule is CCOC(=O)c1cn(C(C[C@H]2CC[C@H](OC)CC2)C(=O)OC(C)(C)C)c(=O)cc1-c1cc(Cl)ccc1CC1(NC(=O)OC(C)(C)C)CC1. The number of methoxy groups -OCH3 is 1. The van der Waals surface area contributed by atoms with Crippen LogP contribution in [0.2, 0.25) is 5.02 Å². The molecule has 2 aliphatic rings. The molecule has 1 N–H and O–H groups in total. The number of amides is 1. The summed E-state index contributed by atoms with van der Waals surface area (Å²) < 4.78 is 23.7. The Hall–Kier alpha value is -3.37. The summed E-state index contributed by atoms with van der Waals surface area (Å²) in [5, 5.41) is 3.44. The first-order chi connectivity index (χ1) is 22.4. The van der Waals surface area contributed by atoms with Crippen molar-refractivity contribution in [2.75, 3.05) is 13.7 Å². The van der Waals surface area contributed by atoms with Gasteiger partial charge in [0.1, 0.15) is 17.2 Å². The maximum atomic E-state index is 14.0. The highest BCUT2D eigenvalue weighted by Crippen LogP contribution is 2.42. The third-order valence-electron chi connectivity index (χ3n) is 8.78. The molecule has 10 nitrogen and oxygen atoms in total. The molecule has 0 spiro atoms. The number of carbonyl (C=O) groups is 3. The van der Waals surface area contributed by atoms with Crippen LogP contribution in [0, 0.1) is 5.92 Å². The number of nitrogens with zero attached hydrogens (tertiary/aromatic N) is 1. The molecule has 11 heteroatoms. The minimum absolute atomic E-state index is 0.112. The number of aromatic nitrogens is 1. The second-order valence-corrected chi connectivity index (χ2v) is 15.6. The Morgan fingerprint density at radius 1 is 0.979 bits per heavy atom. The van der Waals surface area contributed by atoms with Gasteiger partial charge in [-0.3, -0.25) is 4.79 Å². The van der Waals surface area contributed by atoms with Crippen LogP contribution in [0.15, 0.2) is 35.3 Å². The Labute approximate surface area is 288 Å². The van der Waals surface area contributed by atoms with Crippen molar-refractivity contribution in [2.45, 2.75) is 129 Å². The van der Waals surface area contributed by atoms with Crippen LogP contribution in [0.1, 0.15) is 115 Å². The van der Waals surface area contributed by atoms with E-state index in [9.17, 15) is 19.2 Å². The van der Waals surface area contributed by atoms with E-state index in [-0.39, 0.29) is 24.2 Å². The van der Waals surface area contributed by atoms with Crippen molar-refractivity contribution in [2.24, 2.45) is 5.92 Å². The molecule has 1 atom stereocenters. The third kappa shape index (κ3) is 10.1. The molecule has 1 unspecified atom stereocenters. The highest BCUT2D eigenvalue weighted by molar-refractivity contribution is 6.31. The monoisotopic (exact) mass is 686 g/mol. The highest BCUT2D eigenvalue weighted by atomic mass is 35.5. The normalized spacial score (nSPS) is 19.6. The number of benzene rings is 1. The number of esters is 2. The summed E-state index contributed by atoms with van der Waals surface area (Å²) in [4.78, 5) is 54.0. The van der Waals surface area contributed by atoms with Crippen LogP contribution in [0.5, 0.6) is 0 Å². The lowest BCUT2D eigenvalue weighted by atomic mass is 9.83. The van der Waals surface area contributed by atoms with E-state index in [0.717, 1.165) is 44.1 Å². The van der Waals surface area contributed by atoms with Gasteiger partial charge in [-0.05, 0) is 129 Å². The molecule has 0 bridgehead atoms. The van der Waals surface area contributed by atoms with Gasteiger partial charge >= 0.3 is 18.0 Å². The maximum Gasteiger partial charge on any atom is 0.408 e. The fraction of sp³-hybridized carbons (Fsp3) is 0.622. The topological polar surface area (TPSA) is 122 Å². The molecule has 2 aliphatic carbocycles. The second-order valence-electron chi connectivity index (χ2n) is 15.1. The molecule has 1 aromatic heterocycles. The maximum absolute atomic E-state index is 14.0. The van der Waals surface area contributed by atoms with E-state index in [1.165, 1.54) is 16.8 Å². The van der Waals surface area contributed by atoms with Gasteiger partial charge in [-0.1, -0.05) is 17.7 Å². The van der Waals surface area contributed by atoms with E-state index >= 15 is 0 Å². The van der Waals surface area contributed by atoms with Gasteiger partial charge in [0, 0.05) is 35.5 Å². The summed E-state index contributed by atoms with van der Waals surface area (Å²) in [5.74, 6) is -1.00. The first-order valence-electron chi connectivity index (χ1n) is 16.9. The van der Waals surface area contributed by atoms with Gasteiger partial charge in [0.2, 0.25) is 0 Å². The first kappa shape index (κ1) is 37.4. The number of alkyl carbamates (subject to hydrolysis) is 1. The van der Waals surface area contributed by atoms with Crippen LogP contribution in [0.25, 0.3) is 11.1 Å². The number of ether oxygens (including phenoxy) is 4. The van der Waals surface area contributed by atoms with Crippen molar-refractivity contribution >= 4 is 29.6 Å². The molecule has 4 rings (SSSR count). The second kappa shape index (κ2) is 15.0. The molecular formula is C37H51ClN2O8. The summed E-state index contributed by atoms with van der Waals surface area (Å²) in [7, 11) is 1.71. The largest absolute Gasteiger partial charge is 0.462 e. The summed E-state index contributed by atoms with van der Waals surface area (Å²) in [6.45, 7) is 12.6. The lowest BCUT2D eigenvalue weighted by Gasteiger charge is -2.31. The molecule has 264 valence electrons. The van der Waals surface area contributed by atoms with E-state index in [1.807, 2.05) is 26.8 Å². The molecule has 2 aromatic rings. The minimum Gasteiger partial charge on any atom is -0.462 e. The number of halogens is 1. The van der Waals surface area contributed by atoms with Gasteiger partial charge in [-0.2, -0.15) is 0 Å². The van der Waals surface area contributed by atoms with Crippen LogP contribution in [-0.4, -0.2) is 59.2 Å². The van der Waals surface area contributed by atoms with E-state index in [1.54, 1.807) is 46.9 Å². The standard InChI is InChI=1S/C37H51ClN2O8/c1-9-46-32(42)29-22-40(30(33(43)47-35(2,3)4)18-23-10-14-26(45-8)15-11-23)31(41)20-28(29)27-19-25(38)13-12-24(27)21-37(16-17-37)39-34(44)48-36(5,6)7/h12-13,19-20,22-23,26,30H,9-11,14-18,21H2,1-8H3,(H,39,44)/t23-,26-,30?. The molecule has 48 heavy (non-hydrogen) atoms. The number of rotatable bonds is 11. The summed E-state index contributed by atoms with van der Waals surface area (Å²) in [6, 6.07) is 5.72. The zero-order chi connectivity index (χ0) is 35.4. The Morgan fingerprint density at radius 3 is 2.19 bits per heavy atom. The number of pyridine rings is 1. The van der Waals surface area contributed by atoms with Crippen LogP contribution in [-0.2, 0) is 30.2 Å². The average molecular weight is 687 g/mol. The molecule has 2 saturated carbocycles. The molecule has 1 aromatic carbocycles. The van der Waals surface area contributed by atoms with Gasteiger partial charge in [-0.15, -0.1) is 0 Å².